The number of benzene rings is 1. The van der Waals surface area contributed by atoms with Crippen LogP contribution in [0.15, 0.2) is 29.4 Å². The molecule has 0 aliphatic heterocycles. The van der Waals surface area contributed by atoms with Crippen molar-refractivity contribution >= 4 is 22.1 Å². The van der Waals surface area contributed by atoms with E-state index in [-0.39, 0.29) is 5.16 Å². The van der Waals surface area contributed by atoms with Crippen molar-refractivity contribution in [1.82, 2.24) is 9.97 Å². The van der Waals surface area contributed by atoms with Crippen LogP contribution in [-0.4, -0.2) is 13.7 Å². The molecule has 0 aliphatic carbocycles. The van der Waals surface area contributed by atoms with Gasteiger partial charge in [0.1, 0.15) is 0 Å². The molecule has 62 valence electrons. The van der Waals surface area contributed by atoms with Crippen LogP contribution < -0.4 is 4.98 Å². The fourth-order valence-corrected chi connectivity index (χ4v) is 1.30. The maximum absolute atomic E-state index is 10.4. The predicted octanol–water partition coefficient (Wildman–Crippen LogP) is 0.430. The lowest BCUT2D eigenvalue weighted by atomic mass is 10.3. The number of aromatic nitrogens is 2. The molecule has 1 aromatic carbocycles. The van der Waals surface area contributed by atoms with Gasteiger partial charge >= 0.3 is 0 Å². The van der Waals surface area contributed by atoms with E-state index in [2.05, 4.69) is 9.97 Å². The Balaban J connectivity index is 2.70. The van der Waals surface area contributed by atoms with Gasteiger partial charge in [-0.25, -0.2) is 0 Å². The molecule has 1 aromatic heterocycles. The smallest absolute Gasteiger partial charge is 0.00454 e. The Morgan fingerprint density at radius 3 is 2.83 bits per heavy atom. The van der Waals surface area contributed by atoms with Gasteiger partial charge in [0, 0.05) is 0 Å². The van der Waals surface area contributed by atoms with E-state index in [4.69, 9.17) is 0 Å². The standard InChI is InChI=1S/C7H5N2O2S/c10-12(11)7-8-5-3-1-2-4-6(5)9-7/h1-4H,(H-,8,9,10,11)/q-1/p-1. The normalized spacial score (nSPS) is 13.4. The van der Waals surface area contributed by atoms with Crippen LogP contribution in [-0.2, 0) is 11.1 Å². The van der Waals surface area contributed by atoms with Crippen molar-refractivity contribution in [3.8, 4) is 0 Å². The highest BCUT2D eigenvalue weighted by atomic mass is 32.2. The van der Waals surface area contributed by atoms with Crippen molar-refractivity contribution in [2.24, 2.45) is 0 Å². The summed E-state index contributed by atoms with van der Waals surface area (Å²) in [4.78, 5) is 7.58. The quantitative estimate of drug-likeness (QED) is 0.597. The molecule has 1 unspecified atom stereocenters. The highest BCUT2D eigenvalue weighted by Gasteiger charge is 1.88. The van der Waals surface area contributed by atoms with Gasteiger partial charge < -0.3 is 14.5 Å². The maximum atomic E-state index is 10.4. The van der Waals surface area contributed by atoms with Crippen LogP contribution in [0.25, 0.3) is 11.0 Å². The molecule has 0 aliphatic rings. The lowest BCUT2D eigenvalue weighted by molar-refractivity contribution is 0.530. The molecular weight excluding hydrogens is 176 g/mol. The van der Waals surface area contributed by atoms with Crippen LogP contribution in [0, 0.1) is 0 Å². The average molecular weight is 180 g/mol. The second kappa shape index (κ2) is 2.69. The third-order valence-corrected chi connectivity index (χ3v) is 1.94. The maximum Gasteiger partial charge on any atom is -0.00454 e. The minimum atomic E-state index is -2.33. The third-order valence-electron chi connectivity index (χ3n) is 1.46. The van der Waals surface area contributed by atoms with Gasteiger partial charge in [0.15, 0.2) is 0 Å². The first-order valence-corrected chi connectivity index (χ1v) is 4.33. The zero-order valence-electron chi connectivity index (χ0n) is 5.93. The van der Waals surface area contributed by atoms with E-state index in [1.54, 1.807) is 24.3 Å². The number of rotatable bonds is 1. The Hall–Kier alpha value is -1.20. The largest absolute Gasteiger partial charge is 0.769 e. The van der Waals surface area contributed by atoms with Crippen molar-refractivity contribution in [2.75, 3.05) is 0 Å². The van der Waals surface area contributed by atoms with E-state index in [9.17, 15) is 8.76 Å². The van der Waals surface area contributed by atoms with Crippen molar-refractivity contribution in [1.29, 1.82) is 0 Å². The molecule has 0 N–H and O–H groups in total. The molecule has 0 saturated heterocycles. The van der Waals surface area contributed by atoms with Gasteiger partial charge in [0.05, 0.1) is 0 Å². The molecule has 12 heavy (non-hydrogen) atoms. The molecule has 0 bridgehead atoms. The third kappa shape index (κ3) is 1.13. The van der Waals surface area contributed by atoms with Gasteiger partial charge in [-0.15, -0.1) is 0 Å². The molecule has 5 heteroatoms. The van der Waals surface area contributed by atoms with Crippen LogP contribution in [0.4, 0.5) is 0 Å². The number of imidazole rings is 1. The highest BCUT2D eigenvalue weighted by Crippen LogP contribution is 2.10. The topological polar surface area (TPSA) is 67.1 Å². The predicted molar refractivity (Wildman–Crippen MR) is 42.2 cm³/mol. The summed E-state index contributed by atoms with van der Waals surface area (Å²) >= 11 is -2.33. The van der Waals surface area contributed by atoms with E-state index < -0.39 is 11.1 Å². The second-order valence-corrected chi connectivity index (χ2v) is 3.06. The molecule has 4 nitrogen and oxygen atoms in total. The first kappa shape index (κ1) is 7.45. The number of para-hydroxylation sites is 2. The number of hydrogen-bond donors (Lipinski definition) is 0. The molecule has 1 heterocycles. The Morgan fingerprint density at radius 1 is 1.42 bits per heavy atom. The molecule has 0 fully saturated rings. The van der Waals surface area contributed by atoms with E-state index in [0.717, 1.165) is 0 Å². The molecule has 2 aromatic rings. The van der Waals surface area contributed by atoms with Gasteiger partial charge in [-0.3, -0.25) is 4.21 Å². The van der Waals surface area contributed by atoms with Crippen LogP contribution in [0.5, 0.6) is 0 Å². The van der Waals surface area contributed by atoms with Gasteiger partial charge in [-0.2, -0.15) is 0 Å². The molecule has 2 rings (SSSR count). The van der Waals surface area contributed by atoms with Crippen LogP contribution >= 0.6 is 0 Å². The molecular formula is C7H4N2O2S-2. The Kier molecular flexibility index (Phi) is 1.67. The summed E-state index contributed by atoms with van der Waals surface area (Å²) in [5.74, 6) is 0. The van der Waals surface area contributed by atoms with E-state index in [1.165, 1.54) is 0 Å². The zero-order valence-corrected chi connectivity index (χ0v) is 6.75. The van der Waals surface area contributed by atoms with Gasteiger partial charge in [0.25, 0.3) is 0 Å². The highest BCUT2D eigenvalue weighted by molar-refractivity contribution is 7.79. The number of fused-ring (bicyclic) bond motifs is 1. The first-order valence-electron chi connectivity index (χ1n) is 3.26. The van der Waals surface area contributed by atoms with Crippen LogP contribution in [0.1, 0.15) is 0 Å². The van der Waals surface area contributed by atoms with Crippen molar-refractivity contribution in [3.05, 3.63) is 24.3 Å². The summed E-state index contributed by atoms with van der Waals surface area (Å²) in [5, 5.41) is -0.142. The summed E-state index contributed by atoms with van der Waals surface area (Å²) in [6, 6.07) is 7.01. The van der Waals surface area contributed by atoms with Crippen molar-refractivity contribution in [3.63, 3.8) is 0 Å². The molecule has 1 atom stereocenters. The summed E-state index contributed by atoms with van der Waals surface area (Å²) < 4.78 is 20.9. The summed E-state index contributed by atoms with van der Waals surface area (Å²) in [7, 11) is 0. The Labute approximate surface area is 70.9 Å². The van der Waals surface area contributed by atoms with E-state index in [1.807, 2.05) is 0 Å². The molecule has 0 amide bonds. The monoisotopic (exact) mass is 180 g/mol. The van der Waals surface area contributed by atoms with Gasteiger partial charge in [0.2, 0.25) is 0 Å². The summed E-state index contributed by atoms with van der Waals surface area (Å²) in [6.07, 6.45) is 0. The van der Waals surface area contributed by atoms with Crippen LogP contribution in [0.2, 0.25) is 0 Å². The molecule has 0 radical (unpaired) electrons. The van der Waals surface area contributed by atoms with Crippen molar-refractivity contribution < 1.29 is 8.76 Å². The van der Waals surface area contributed by atoms with E-state index in [0.29, 0.717) is 11.0 Å². The first-order chi connectivity index (χ1) is 5.77. The van der Waals surface area contributed by atoms with Gasteiger partial charge in [-0.05, 0) is 27.3 Å². The summed E-state index contributed by atoms with van der Waals surface area (Å²) in [6.45, 7) is 0. The Morgan fingerprint density at radius 2 is 2.17 bits per heavy atom. The lowest BCUT2D eigenvalue weighted by Gasteiger charge is -2.05. The fourth-order valence-electron chi connectivity index (χ4n) is 0.959. The second-order valence-electron chi connectivity index (χ2n) is 2.23. The molecule has 0 spiro atoms. The fraction of sp³-hybridized carbons (Fsp3) is 0. The lowest BCUT2D eigenvalue weighted by Crippen LogP contribution is -1.91. The number of nitrogens with zero attached hydrogens (tertiary/aromatic N) is 2. The molecule has 0 saturated carbocycles. The minimum absolute atomic E-state index is 0.142. The number of hydrogen-bond acceptors (Lipinski definition) is 3. The summed E-state index contributed by atoms with van der Waals surface area (Å²) in [5.41, 5.74) is 1.22. The minimum Gasteiger partial charge on any atom is -0.769 e. The van der Waals surface area contributed by atoms with E-state index >= 15 is 0 Å². The van der Waals surface area contributed by atoms with Crippen molar-refractivity contribution in [2.45, 2.75) is 5.16 Å². The van der Waals surface area contributed by atoms with Crippen LogP contribution in [0.3, 0.4) is 0 Å². The van der Waals surface area contributed by atoms with Gasteiger partial charge in [-0.1, -0.05) is 24.3 Å². The Bertz CT molecular complexity index is 405. The zero-order chi connectivity index (χ0) is 8.55. The average Bonchev–Trinajstić information content (AvgIpc) is 2.46. The SMILES string of the molecule is O=S([O-])c1nc2ccccc2[n-]1.